The number of rotatable bonds is 8. The Bertz CT molecular complexity index is 689. The lowest BCUT2D eigenvalue weighted by Gasteiger charge is -2.30. The molecule has 0 radical (unpaired) electrons. The number of nitrogens with one attached hydrogen (secondary N) is 1. The second-order valence-electron chi connectivity index (χ2n) is 6.27. The zero-order valence-corrected chi connectivity index (χ0v) is 14.0. The van der Waals surface area contributed by atoms with E-state index in [0.29, 0.717) is 0 Å². The van der Waals surface area contributed by atoms with Gasteiger partial charge in [0.15, 0.2) is 0 Å². The third kappa shape index (κ3) is 3.60. The van der Waals surface area contributed by atoms with E-state index >= 15 is 0 Å². The molecule has 0 spiro atoms. The summed E-state index contributed by atoms with van der Waals surface area (Å²) in [6, 6.07) is 4.55. The van der Waals surface area contributed by atoms with Crippen LogP contribution in [0.3, 0.4) is 0 Å². The number of nitrogens with zero attached hydrogens (tertiary/aromatic N) is 1. The van der Waals surface area contributed by atoms with Gasteiger partial charge in [0.1, 0.15) is 5.82 Å². The van der Waals surface area contributed by atoms with Crippen molar-refractivity contribution in [2.24, 2.45) is 0 Å². The van der Waals surface area contributed by atoms with Crippen molar-refractivity contribution in [1.82, 2.24) is 9.88 Å². The average molecular weight is 340 g/mol. The second-order valence-corrected chi connectivity index (χ2v) is 6.27. The van der Waals surface area contributed by atoms with E-state index in [0.717, 1.165) is 22.2 Å². The van der Waals surface area contributed by atoms with E-state index in [-0.39, 0.29) is 18.9 Å². The van der Waals surface area contributed by atoms with Crippen LogP contribution in [0.25, 0.3) is 10.9 Å². The summed E-state index contributed by atoms with van der Waals surface area (Å²) < 4.78 is 15.4. The highest BCUT2D eigenvalue weighted by Gasteiger charge is 2.28. The predicted octanol–water partition coefficient (Wildman–Crippen LogP) is 0.0634. The topological polar surface area (TPSA) is 97.9 Å². The molecule has 134 valence electrons. The summed E-state index contributed by atoms with van der Waals surface area (Å²) >= 11 is 0. The molecule has 0 saturated heterocycles. The molecule has 0 unspecified atom stereocenters. The Morgan fingerprint density at radius 2 is 1.79 bits per heavy atom. The van der Waals surface area contributed by atoms with Crippen molar-refractivity contribution < 1.29 is 24.8 Å². The molecule has 2 aromatic rings. The van der Waals surface area contributed by atoms with Crippen LogP contribution in [-0.4, -0.2) is 63.0 Å². The standard InChI is InChI=1S/C17H25FN2O4/c1-11-12(2)20(16-4-3-13(18)5-15(11)16)7-14(24)6-19-17(8-21,9-22)10-23/h3-5,14,19,21-24H,6-10H2,1-2H3/t14-/m1/s1. The van der Waals surface area contributed by atoms with Gasteiger partial charge in [0.2, 0.25) is 0 Å². The SMILES string of the molecule is Cc1c(C)n(C[C@H](O)CNC(CO)(CO)CO)c2ccc(F)cc12. The van der Waals surface area contributed by atoms with E-state index in [1.165, 1.54) is 12.1 Å². The van der Waals surface area contributed by atoms with Crippen LogP contribution in [0.1, 0.15) is 11.3 Å². The molecule has 0 bridgehead atoms. The summed E-state index contributed by atoms with van der Waals surface area (Å²) in [6.07, 6.45) is -0.812. The third-order valence-electron chi connectivity index (χ3n) is 4.61. The number of halogens is 1. The van der Waals surface area contributed by atoms with E-state index in [4.69, 9.17) is 0 Å². The maximum Gasteiger partial charge on any atom is 0.123 e. The highest BCUT2D eigenvalue weighted by molar-refractivity contribution is 5.85. The number of aromatic nitrogens is 1. The van der Waals surface area contributed by atoms with Crippen molar-refractivity contribution >= 4 is 10.9 Å². The fourth-order valence-corrected chi connectivity index (χ4v) is 2.78. The summed E-state index contributed by atoms with van der Waals surface area (Å²) in [5.74, 6) is -0.302. The lowest BCUT2D eigenvalue weighted by atomic mass is 10.0. The molecule has 1 heterocycles. The maximum atomic E-state index is 13.4. The number of aryl methyl sites for hydroxylation is 1. The molecule has 6 nitrogen and oxygen atoms in total. The Kier molecular flexibility index (Phi) is 5.95. The van der Waals surface area contributed by atoms with Gasteiger partial charge in [0.25, 0.3) is 0 Å². The highest BCUT2D eigenvalue weighted by atomic mass is 19.1. The molecule has 0 amide bonds. The summed E-state index contributed by atoms with van der Waals surface area (Å²) in [7, 11) is 0. The van der Waals surface area contributed by atoms with Gasteiger partial charge in [0.05, 0.1) is 38.0 Å². The first-order valence-electron chi connectivity index (χ1n) is 7.88. The van der Waals surface area contributed by atoms with Crippen LogP contribution >= 0.6 is 0 Å². The van der Waals surface area contributed by atoms with Crippen molar-refractivity contribution in [1.29, 1.82) is 0 Å². The monoisotopic (exact) mass is 340 g/mol. The van der Waals surface area contributed by atoms with Gasteiger partial charge in [-0.1, -0.05) is 0 Å². The third-order valence-corrected chi connectivity index (χ3v) is 4.61. The molecule has 0 aliphatic carbocycles. The lowest BCUT2D eigenvalue weighted by Crippen LogP contribution is -2.56. The Morgan fingerprint density at radius 1 is 1.17 bits per heavy atom. The Hall–Kier alpha value is -1.51. The molecule has 1 aromatic carbocycles. The fourth-order valence-electron chi connectivity index (χ4n) is 2.78. The molecule has 0 saturated carbocycles. The van der Waals surface area contributed by atoms with Crippen molar-refractivity contribution in [3.63, 3.8) is 0 Å². The molecular formula is C17H25FN2O4. The van der Waals surface area contributed by atoms with Gasteiger partial charge < -0.3 is 30.3 Å². The number of benzene rings is 1. The molecule has 5 N–H and O–H groups in total. The van der Waals surface area contributed by atoms with Crippen LogP contribution in [0.5, 0.6) is 0 Å². The van der Waals surface area contributed by atoms with Gasteiger partial charge in [-0.2, -0.15) is 0 Å². The first-order chi connectivity index (χ1) is 11.4. The average Bonchev–Trinajstić information content (AvgIpc) is 2.81. The number of fused-ring (bicyclic) bond motifs is 1. The normalized spacial score (nSPS) is 13.6. The molecule has 24 heavy (non-hydrogen) atoms. The van der Waals surface area contributed by atoms with Gasteiger partial charge in [-0.05, 0) is 37.6 Å². The van der Waals surface area contributed by atoms with E-state index in [1.54, 1.807) is 6.07 Å². The molecule has 0 aliphatic rings. The van der Waals surface area contributed by atoms with Crippen molar-refractivity contribution in [2.45, 2.75) is 32.0 Å². The zero-order chi connectivity index (χ0) is 17.9. The van der Waals surface area contributed by atoms with Crippen molar-refractivity contribution in [3.05, 3.63) is 35.3 Å². The summed E-state index contributed by atoms with van der Waals surface area (Å²) in [5.41, 5.74) is 1.50. The highest BCUT2D eigenvalue weighted by Crippen LogP contribution is 2.26. The summed E-state index contributed by atoms with van der Waals surface area (Å²) in [5, 5.41) is 41.8. The van der Waals surface area contributed by atoms with Gasteiger partial charge in [-0.3, -0.25) is 0 Å². The smallest absolute Gasteiger partial charge is 0.123 e. The molecule has 2 rings (SSSR count). The Morgan fingerprint density at radius 3 is 2.38 bits per heavy atom. The van der Waals surface area contributed by atoms with Crippen LogP contribution < -0.4 is 5.32 Å². The van der Waals surface area contributed by atoms with Crippen LogP contribution in [0, 0.1) is 19.7 Å². The molecule has 7 heteroatoms. The molecule has 0 fully saturated rings. The first kappa shape index (κ1) is 18.8. The molecule has 1 aromatic heterocycles. The number of hydrogen-bond donors (Lipinski definition) is 5. The van der Waals surface area contributed by atoms with Gasteiger partial charge in [-0.15, -0.1) is 0 Å². The van der Waals surface area contributed by atoms with Crippen LogP contribution in [0.4, 0.5) is 4.39 Å². The maximum absolute atomic E-state index is 13.4. The van der Waals surface area contributed by atoms with Crippen LogP contribution in [0.2, 0.25) is 0 Å². The molecule has 0 aliphatic heterocycles. The minimum absolute atomic E-state index is 0.0844. The minimum atomic E-state index is -1.23. The fraction of sp³-hybridized carbons (Fsp3) is 0.529. The largest absolute Gasteiger partial charge is 0.394 e. The minimum Gasteiger partial charge on any atom is -0.394 e. The van der Waals surface area contributed by atoms with E-state index in [9.17, 15) is 24.8 Å². The van der Waals surface area contributed by atoms with Gasteiger partial charge in [-0.25, -0.2) is 4.39 Å². The number of aliphatic hydroxyl groups is 4. The Labute approximate surface area is 140 Å². The second kappa shape index (κ2) is 7.58. The molecule has 1 atom stereocenters. The Balaban J connectivity index is 2.16. The number of aliphatic hydroxyl groups excluding tert-OH is 4. The van der Waals surface area contributed by atoms with Crippen molar-refractivity contribution in [2.75, 3.05) is 26.4 Å². The summed E-state index contributed by atoms with van der Waals surface area (Å²) in [6.45, 7) is 2.83. The quantitative estimate of drug-likeness (QED) is 0.468. The lowest BCUT2D eigenvalue weighted by molar-refractivity contribution is 0.0306. The molecular weight excluding hydrogens is 315 g/mol. The number of hydrogen-bond acceptors (Lipinski definition) is 5. The van der Waals surface area contributed by atoms with E-state index in [1.807, 2.05) is 18.4 Å². The van der Waals surface area contributed by atoms with Crippen LogP contribution in [-0.2, 0) is 6.54 Å². The van der Waals surface area contributed by atoms with Gasteiger partial charge >= 0.3 is 0 Å². The van der Waals surface area contributed by atoms with Gasteiger partial charge in [0, 0.05) is 23.1 Å². The van der Waals surface area contributed by atoms with Crippen molar-refractivity contribution in [3.8, 4) is 0 Å². The summed E-state index contributed by atoms with van der Waals surface area (Å²) in [4.78, 5) is 0. The first-order valence-corrected chi connectivity index (χ1v) is 7.88. The number of β-amino-alcohol motifs (C(OH)–C–C–N with tert-alkyl or cyclic N) is 1. The predicted molar refractivity (Wildman–Crippen MR) is 89.4 cm³/mol. The van der Waals surface area contributed by atoms with Crippen LogP contribution in [0.15, 0.2) is 18.2 Å². The van der Waals surface area contributed by atoms with E-state index < -0.39 is 31.5 Å². The van der Waals surface area contributed by atoms with E-state index in [2.05, 4.69) is 5.32 Å². The zero-order valence-electron chi connectivity index (χ0n) is 14.0.